The van der Waals surface area contributed by atoms with Crippen molar-refractivity contribution in [3.63, 3.8) is 0 Å². The summed E-state index contributed by atoms with van der Waals surface area (Å²) in [6.07, 6.45) is 6.42. The number of nitrogens with zero attached hydrogens (tertiary/aromatic N) is 2. The lowest BCUT2D eigenvalue weighted by molar-refractivity contribution is -0.143. The van der Waals surface area contributed by atoms with Gasteiger partial charge in [-0.05, 0) is 31.4 Å². The second kappa shape index (κ2) is 8.78. The summed E-state index contributed by atoms with van der Waals surface area (Å²) in [7, 11) is 2.03. The fourth-order valence-corrected chi connectivity index (χ4v) is 4.18. The number of piperazine rings is 1. The zero-order chi connectivity index (χ0) is 18.5. The van der Waals surface area contributed by atoms with Gasteiger partial charge in [-0.25, -0.2) is 0 Å². The Hall–Kier alpha value is -1.72. The van der Waals surface area contributed by atoms with Crippen LogP contribution in [0.2, 0.25) is 0 Å². The van der Waals surface area contributed by atoms with Crippen LogP contribution in [0.25, 0.3) is 0 Å². The molecule has 1 atom stereocenters. The SMILES string of the molecule is CN1CCN([C@@H](CC(=O)c2ccc(C3CCCCC3)cc2)C(=O)O)CC1. The van der Waals surface area contributed by atoms with Crippen LogP contribution in [0.5, 0.6) is 0 Å². The highest BCUT2D eigenvalue weighted by Crippen LogP contribution is 2.32. The fourth-order valence-electron chi connectivity index (χ4n) is 4.18. The second-order valence-electron chi connectivity index (χ2n) is 7.78. The van der Waals surface area contributed by atoms with Gasteiger partial charge in [-0.15, -0.1) is 0 Å². The lowest BCUT2D eigenvalue weighted by atomic mass is 9.84. The number of likely N-dealkylation sites (N-methyl/N-ethyl adjacent to an activating group) is 1. The van der Waals surface area contributed by atoms with E-state index in [0.717, 1.165) is 13.1 Å². The third kappa shape index (κ3) is 4.71. The third-order valence-corrected chi connectivity index (χ3v) is 5.95. The molecule has 0 radical (unpaired) electrons. The topological polar surface area (TPSA) is 60.9 Å². The highest BCUT2D eigenvalue weighted by molar-refractivity contribution is 5.98. The number of aliphatic carboxylic acids is 1. The van der Waals surface area contributed by atoms with E-state index in [4.69, 9.17) is 0 Å². The summed E-state index contributed by atoms with van der Waals surface area (Å²) >= 11 is 0. The van der Waals surface area contributed by atoms with Crippen LogP contribution in [0.3, 0.4) is 0 Å². The molecule has 26 heavy (non-hydrogen) atoms. The van der Waals surface area contributed by atoms with Gasteiger partial charge in [-0.1, -0.05) is 43.5 Å². The molecule has 1 aromatic carbocycles. The van der Waals surface area contributed by atoms with E-state index in [0.29, 0.717) is 24.6 Å². The molecule has 5 heteroatoms. The van der Waals surface area contributed by atoms with E-state index in [-0.39, 0.29) is 12.2 Å². The van der Waals surface area contributed by atoms with Gasteiger partial charge in [0, 0.05) is 38.2 Å². The van der Waals surface area contributed by atoms with Gasteiger partial charge in [0.2, 0.25) is 0 Å². The molecule has 0 unspecified atom stereocenters. The molecule has 0 amide bonds. The summed E-state index contributed by atoms with van der Waals surface area (Å²) in [5, 5.41) is 9.59. The summed E-state index contributed by atoms with van der Waals surface area (Å²) < 4.78 is 0. The Morgan fingerprint density at radius 1 is 1.04 bits per heavy atom. The Morgan fingerprint density at radius 3 is 2.23 bits per heavy atom. The molecule has 3 rings (SSSR count). The maximum absolute atomic E-state index is 12.7. The third-order valence-electron chi connectivity index (χ3n) is 5.95. The summed E-state index contributed by atoms with van der Waals surface area (Å²) in [6.45, 7) is 3.07. The van der Waals surface area contributed by atoms with Crippen molar-refractivity contribution < 1.29 is 14.7 Å². The zero-order valence-corrected chi connectivity index (χ0v) is 15.7. The Balaban J connectivity index is 1.62. The van der Waals surface area contributed by atoms with Crippen molar-refractivity contribution in [1.82, 2.24) is 9.80 Å². The molecule has 1 heterocycles. The quantitative estimate of drug-likeness (QED) is 0.792. The monoisotopic (exact) mass is 358 g/mol. The van der Waals surface area contributed by atoms with Gasteiger partial charge in [0.15, 0.2) is 5.78 Å². The zero-order valence-electron chi connectivity index (χ0n) is 15.7. The van der Waals surface area contributed by atoms with Gasteiger partial charge < -0.3 is 10.0 Å². The average Bonchev–Trinajstić information content (AvgIpc) is 2.67. The lowest BCUT2D eigenvalue weighted by Crippen LogP contribution is -2.52. The normalized spacial score (nSPS) is 21.4. The van der Waals surface area contributed by atoms with Gasteiger partial charge in [-0.3, -0.25) is 14.5 Å². The first-order chi connectivity index (χ1) is 12.5. The van der Waals surface area contributed by atoms with Crippen LogP contribution in [-0.4, -0.2) is 65.9 Å². The summed E-state index contributed by atoms with van der Waals surface area (Å²) in [4.78, 5) is 28.5. The molecule has 1 aromatic rings. The van der Waals surface area contributed by atoms with E-state index in [9.17, 15) is 14.7 Å². The van der Waals surface area contributed by atoms with Gasteiger partial charge in [0.05, 0.1) is 0 Å². The molecule has 2 aliphatic rings. The minimum atomic E-state index is -0.901. The number of hydrogen-bond acceptors (Lipinski definition) is 4. The molecule has 1 aliphatic carbocycles. The second-order valence-corrected chi connectivity index (χ2v) is 7.78. The predicted octanol–water partition coefficient (Wildman–Crippen LogP) is 3.01. The van der Waals surface area contributed by atoms with E-state index in [1.807, 2.05) is 24.1 Å². The number of hydrogen-bond donors (Lipinski definition) is 1. The summed E-state index contributed by atoms with van der Waals surface area (Å²) in [6, 6.07) is 7.17. The van der Waals surface area contributed by atoms with E-state index in [1.54, 1.807) is 0 Å². The van der Waals surface area contributed by atoms with E-state index in [1.165, 1.54) is 37.7 Å². The lowest BCUT2D eigenvalue weighted by Gasteiger charge is -2.35. The Bertz CT molecular complexity index is 615. The maximum atomic E-state index is 12.7. The molecule has 0 aromatic heterocycles. The number of carboxylic acid groups (broad SMARTS) is 1. The first kappa shape index (κ1) is 19.1. The Labute approximate surface area is 156 Å². The van der Waals surface area contributed by atoms with E-state index in [2.05, 4.69) is 17.0 Å². The van der Waals surface area contributed by atoms with E-state index < -0.39 is 12.0 Å². The number of carboxylic acids is 1. The van der Waals surface area contributed by atoms with Crippen molar-refractivity contribution in [2.45, 2.75) is 50.5 Å². The number of rotatable bonds is 6. The standard InChI is InChI=1S/C21H30N2O3/c1-22-11-13-23(14-12-22)19(21(25)26)15-20(24)18-9-7-17(8-10-18)16-5-3-2-4-6-16/h7-10,16,19H,2-6,11-15H2,1H3,(H,25,26)/t19-/m0/s1. The number of Topliss-reactive ketones (excluding diaryl/α,β-unsaturated/α-hetero) is 1. The van der Waals surface area contributed by atoms with Crippen LogP contribution in [0, 0.1) is 0 Å². The molecule has 0 spiro atoms. The minimum absolute atomic E-state index is 0.0435. The molecular formula is C21H30N2O3. The van der Waals surface area contributed by atoms with Crippen LogP contribution >= 0.6 is 0 Å². The van der Waals surface area contributed by atoms with Crippen LogP contribution in [0.1, 0.15) is 60.4 Å². The van der Waals surface area contributed by atoms with Crippen LogP contribution in [0.4, 0.5) is 0 Å². The number of carbonyl (C=O) groups is 2. The number of carbonyl (C=O) groups excluding carboxylic acids is 1. The minimum Gasteiger partial charge on any atom is -0.480 e. The van der Waals surface area contributed by atoms with E-state index >= 15 is 0 Å². The predicted molar refractivity (Wildman–Crippen MR) is 102 cm³/mol. The van der Waals surface area contributed by atoms with Crippen molar-refractivity contribution in [1.29, 1.82) is 0 Å². The van der Waals surface area contributed by atoms with Crippen molar-refractivity contribution in [2.24, 2.45) is 0 Å². The number of ketones is 1. The van der Waals surface area contributed by atoms with Gasteiger partial charge in [0.1, 0.15) is 6.04 Å². The molecule has 142 valence electrons. The molecule has 1 aliphatic heterocycles. The maximum Gasteiger partial charge on any atom is 0.321 e. The summed E-state index contributed by atoms with van der Waals surface area (Å²) in [5.41, 5.74) is 1.94. The molecule has 5 nitrogen and oxygen atoms in total. The Morgan fingerprint density at radius 2 is 1.65 bits per heavy atom. The van der Waals surface area contributed by atoms with Crippen molar-refractivity contribution in [2.75, 3.05) is 33.2 Å². The molecular weight excluding hydrogens is 328 g/mol. The van der Waals surface area contributed by atoms with Gasteiger partial charge >= 0.3 is 5.97 Å². The molecule has 1 saturated carbocycles. The van der Waals surface area contributed by atoms with Crippen molar-refractivity contribution >= 4 is 11.8 Å². The summed E-state index contributed by atoms with van der Waals surface area (Å²) in [5.74, 6) is -0.363. The van der Waals surface area contributed by atoms with Crippen LogP contribution < -0.4 is 0 Å². The molecule has 2 fully saturated rings. The van der Waals surface area contributed by atoms with Crippen LogP contribution in [-0.2, 0) is 4.79 Å². The smallest absolute Gasteiger partial charge is 0.321 e. The molecule has 0 bridgehead atoms. The van der Waals surface area contributed by atoms with Gasteiger partial charge in [0.25, 0.3) is 0 Å². The van der Waals surface area contributed by atoms with Gasteiger partial charge in [-0.2, -0.15) is 0 Å². The average molecular weight is 358 g/mol. The van der Waals surface area contributed by atoms with Crippen molar-refractivity contribution in [3.05, 3.63) is 35.4 Å². The molecule has 1 saturated heterocycles. The largest absolute Gasteiger partial charge is 0.480 e. The Kier molecular flexibility index (Phi) is 6.43. The highest BCUT2D eigenvalue weighted by atomic mass is 16.4. The first-order valence-corrected chi connectivity index (χ1v) is 9.83. The van der Waals surface area contributed by atoms with Crippen molar-refractivity contribution in [3.8, 4) is 0 Å². The molecule has 1 N–H and O–H groups in total. The highest BCUT2D eigenvalue weighted by Gasteiger charge is 2.30. The fraction of sp³-hybridized carbons (Fsp3) is 0.619. The van der Waals surface area contributed by atoms with Crippen LogP contribution in [0.15, 0.2) is 24.3 Å². The number of benzene rings is 1. The first-order valence-electron chi connectivity index (χ1n) is 9.83.